The lowest BCUT2D eigenvalue weighted by Gasteiger charge is -2.37. The maximum atomic E-state index is 14.7. The van der Waals surface area contributed by atoms with E-state index < -0.39 is 183 Å². The predicted octanol–water partition coefficient (Wildman–Crippen LogP) is -0.546. The summed E-state index contributed by atoms with van der Waals surface area (Å²) in [6, 6.07) is 1.04. The van der Waals surface area contributed by atoms with Crippen LogP contribution in [-0.4, -0.2) is 250 Å². The highest BCUT2D eigenvalue weighted by atomic mass is 33.1. The number of thiazole rings is 1. The van der Waals surface area contributed by atoms with Crippen LogP contribution in [-0.2, 0) is 89.5 Å². The quantitative estimate of drug-likeness (QED) is 0.00641. The van der Waals surface area contributed by atoms with E-state index in [2.05, 4.69) is 84.4 Å². The fraction of sp³-hybridized carbons (Fsp3) is 0.583. The number of nitrogens with two attached hydrogens (primary N) is 2. The van der Waals surface area contributed by atoms with Crippen molar-refractivity contribution in [1.82, 2.24) is 83.5 Å². The molecule has 2 aromatic heterocycles. The van der Waals surface area contributed by atoms with Gasteiger partial charge >= 0.3 is 30.0 Å². The molecule has 1 unspecified atom stereocenters. The number of nitrogens with one attached hydrogen (secondary N) is 13. The van der Waals surface area contributed by atoms with Crippen molar-refractivity contribution in [1.29, 1.82) is 0 Å². The summed E-state index contributed by atoms with van der Waals surface area (Å²) in [4.78, 5) is 232. The number of carbonyl (C=O) groups is 17. The zero-order chi connectivity index (χ0) is 86.5. The molecule has 646 valence electrons. The van der Waals surface area contributed by atoms with Crippen LogP contribution in [0.25, 0.3) is 0 Å². The minimum absolute atomic E-state index is 0.0145. The number of amides is 13. The zero-order valence-corrected chi connectivity index (χ0v) is 68.8. The normalized spacial score (nSPS) is 13.9. The van der Waals surface area contributed by atoms with Gasteiger partial charge in [0.05, 0.1) is 55.2 Å². The summed E-state index contributed by atoms with van der Waals surface area (Å²) in [7, 11) is 4.45. The van der Waals surface area contributed by atoms with Crippen LogP contribution in [0.2, 0.25) is 0 Å². The number of ether oxygens (including phenoxy) is 3. The maximum absolute atomic E-state index is 14.7. The Hall–Kier alpha value is -11.1. The number of piperidine rings is 1. The number of anilines is 2. The third-order valence-electron chi connectivity index (χ3n) is 17.6. The standard InChI is InChI=1S/C72H108N20O22S3/c1-8-42(4)61(87-70(109)52-12-9-10-28-91(52)7)71(110)92(40-114-60(102)32-41(2)3)48(38-113-44(6)93)18-21-57-86-51(39-115-57)69(108)77-26-24-43(5)65(104)89-90-72(111)112-29-31-117-116-30-27-75-54(95)35-81-67(106)49(19-22-58(98)99)85-56(97)37-82-68(107)50(20-23-59(100)101)84-55(96)36-79-53(94)13-11-25-76-66(105)45-14-16-46(17-15-45)78-33-47-34-80-64(88-74)62(83-47)63(73)103/h14-17,34,39,41-43,48-50,52,61,78H,8-13,18-33,35-38,40,74H2,1-7H3,(H2,73,103)(H,75,95)(H,76,105)(H,77,108)(H,79,94)(H,80,88)(H,81,106)(H,82,107)(H,84,96)(H,85,97)(H,87,109)(H,89,104)(H,90,111)(H,98,99)(H,100,101)/t42?,43-,48+,49-,50-,52+,61-/m0/s1. The van der Waals surface area contributed by atoms with Gasteiger partial charge in [0.1, 0.15) is 37.0 Å². The van der Waals surface area contributed by atoms with Gasteiger partial charge in [0, 0.05) is 92.7 Å². The number of primary amides is 1. The summed E-state index contributed by atoms with van der Waals surface area (Å²) < 4.78 is 16.2. The zero-order valence-electron chi connectivity index (χ0n) is 66.3. The molecule has 0 saturated carbocycles. The predicted molar refractivity (Wildman–Crippen MR) is 427 cm³/mol. The summed E-state index contributed by atoms with van der Waals surface area (Å²) in [5.74, 6) is -7.19. The molecule has 0 radical (unpaired) electrons. The highest BCUT2D eigenvalue weighted by Crippen LogP contribution is 2.23. The number of nitrogens with zero attached hydrogens (tertiary/aromatic N) is 5. The van der Waals surface area contributed by atoms with Crippen LogP contribution in [0.15, 0.2) is 35.8 Å². The molecule has 0 bridgehead atoms. The number of benzene rings is 1. The molecule has 117 heavy (non-hydrogen) atoms. The first-order valence-electron chi connectivity index (χ1n) is 37.8. The smallest absolute Gasteiger partial charge is 0.426 e. The molecular formula is C72H108N20O22S3. The van der Waals surface area contributed by atoms with Gasteiger partial charge in [0.25, 0.3) is 17.7 Å². The molecule has 45 heteroatoms. The summed E-state index contributed by atoms with van der Waals surface area (Å²) in [6.45, 7) is 8.47. The van der Waals surface area contributed by atoms with Crippen molar-refractivity contribution in [3.05, 3.63) is 63.5 Å². The van der Waals surface area contributed by atoms with E-state index in [-0.39, 0.29) is 113 Å². The first-order valence-corrected chi connectivity index (χ1v) is 41.2. The number of hydrogen-bond donors (Lipinski definition) is 17. The monoisotopic (exact) mass is 1700 g/mol. The van der Waals surface area contributed by atoms with Crippen LogP contribution < -0.4 is 81.0 Å². The average Bonchev–Trinajstić information content (AvgIpc) is 0.902. The topological polar surface area (TPSA) is 612 Å². The molecule has 3 heterocycles. The van der Waals surface area contributed by atoms with Crippen LogP contribution in [0, 0.1) is 17.8 Å². The first kappa shape index (κ1) is 98.3. The van der Waals surface area contributed by atoms with E-state index in [0.717, 1.165) is 19.4 Å². The van der Waals surface area contributed by atoms with Crippen LogP contribution >= 0.6 is 32.9 Å². The molecule has 0 aliphatic carbocycles. The van der Waals surface area contributed by atoms with Gasteiger partial charge in [-0.25, -0.2) is 31.0 Å². The minimum atomic E-state index is -1.52. The molecule has 1 fully saturated rings. The number of esters is 2. The van der Waals surface area contributed by atoms with Crippen molar-refractivity contribution in [2.75, 3.05) is 95.1 Å². The molecule has 1 aromatic carbocycles. The molecule has 13 amide bonds. The minimum Gasteiger partial charge on any atom is -0.481 e. The number of carbonyl (C=O) groups excluding carboxylic acids is 15. The van der Waals surface area contributed by atoms with Gasteiger partial charge in [0.15, 0.2) is 18.2 Å². The molecule has 1 saturated heterocycles. The van der Waals surface area contributed by atoms with Crippen LogP contribution in [0.5, 0.6) is 0 Å². The highest BCUT2D eigenvalue weighted by molar-refractivity contribution is 8.76. The number of likely N-dealkylation sites (N-methyl/N-ethyl adjacent to an activating group) is 1. The molecular weight excluding hydrogens is 1590 g/mol. The maximum Gasteiger partial charge on any atom is 0.426 e. The summed E-state index contributed by atoms with van der Waals surface area (Å²) in [6.07, 6.45) is 1.94. The van der Waals surface area contributed by atoms with Crippen LogP contribution in [0.1, 0.15) is 167 Å². The Morgan fingerprint density at radius 2 is 1.33 bits per heavy atom. The fourth-order valence-corrected chi connectivity index (χ4v) is 13.5. The van der Waals surface area contributed by atoms with Crippen molar-refractivity contribution < 1.29 is 106 Å². The van der Waals surface area contributed by atoms with Gasteiger partial charge in [-0.2, -0.15) is 0 Å². The Kier molecular flexibility index (Phi) is 44.7. The number of aliphatic carboxylic acids is 2. The van der Waals surface area contributed by atoms with Crippen LogP contribution in [0.4, 0.5) is 16.3 Å². The van der Waals surface area contributed by atoms with Gasteiger partial charge in [-0.05, 0) is 94.6 Å². The Balaban J connectivity index is 1.10. The number of rotatable bonds is 53. The van der Waals surface area contributed by atoms with E-state index >= 15 is 0 Å². The summed E-state index contributed by atoms with van der Waals surface area (Å²) in [5.41, 5.74) is 13.2. The molecule has 4 rings (SSSR count). The Labute approximate surface area is 687 Å². The van der Waals surface area contributed by atoms with E-state index in [1.165, 1.54) is 50.9 Å². The lowest BCUT2D eigenvalue weighted by Crippen LogP contribution is -2.59. The van der Waals surface area contributed by atoms with E-state index in [9.17, 15) is 91.7 Å². The number of likely N-dealkylation sites (tertiary alicyclic amines) is 1. The molecule has 1 aliphatic heterocycles. The van der Waals surface area contributed by atoms with Crippen molar-refractivity contribution in [2.24, 2.45) is 29.3 Å². The third kappa shape index (κ3) is 38.5. The molecule has 1 aliphatic rings. The van der Waals surface area contributed by atoms with E-state index in [0.29, 0.717) is 46.3 Å². The lowest BCUT2D eigenvalue weighted by atomic mass is 9.95. The van der Waals surface area contributed by atoms with Crippen molar-refractivity contribution in [2.45, 2.75) is 168 Å². The second-order valence-corrected chi connectivity index (χ2v) is 31.0. The largest absolute Gasteiger partial charge is 0.481 e. The molecule has 42 nitrogen and oxygen atoms in total. The van der Waals surface area contributed by atoms with E-state index in [4.69, 9.17) is 25.8 Å². The number of aryl methyl sites for hydroxylation is 1. The SMILES string of the molecule is CCC(C)[C@H](NC(=O)[C@H]1CCCCN1C)C(=O)N(COC(=O)CC(C)C)[C@H](CCc1nc(C(=O)NCC[C@H](C)C(=O)NNC(=O)OCCSSCCNC(=O)CNC(=O)[C@H](CCC(=O)O)NC(=O)CNC(=O)[C@H](CCC(=O)O)NC(=O)CNC(=O)CCCNC(=O)c2ccc(NCc3cnc(NN)c(C(N)=O)n3)cc2)cs1)COC(C)=O. The van der Waals surface area contributed by atoms with Gasteiger partial charge in [-0.1, -0.05) is 69.0 Å². The van der Waals surface area contributed by atoms with Gasteiger partial charge in [-0.3, -0.25) is 87.0 Å². The Bertz CT molecular complexity index is 3880. The highest BCUT2D eigenvalue weighted by Gasteiger charge is 2.38. The van der Waals surface area contributed by atoms with Crippen molar-refractivity contribution in [3.63, 3.8) is 0 Å². The number of hydrazine groups is 2. The third-order valence-corrected chi connectivity index (χ3v) is 20.9. The number of aromatic nitrogens is 3. The van der Waals surface area contributed by atoms with E-state index in [1.807, 2.05) is 39.6 Å². The van der Waals surface area contributed by atoms with Crippen LogP contribution in [0.3, 0.4) is 0 Å². The second kappa shape index (κ2) is 53.2. The molecule has 0 spiro atoms. The average molecular weight is 1700 g/mol. The number of carboxylic acid groups (broad SMARTS) is 2. The lowest BCUT2D eigenvalue weighted by molar-refractivity contribution is -0.162. The van der Waals surface area contributed by atoms with Gasteiger partial charge < -0.3 is 93.7 Å². The summed E-state index contributed by atoms with van der Waals surface area (Å²) in [5, 5.41) is 46.1. The van der Waals surface area contributed by atoms with Gasteiger partial charge in [-0.15, -0.1) is 11.3 Å². The molecule has 3 aromatic rings. The van der Waals surface area contributed by atoms with Crippen molar-refractivity contribution in [3.8, 4) is 0 Å². The first-order chi connectivity index (χ1) is 55.7. The van der Waals surface area contributed by atoms with Crippen molar-refractivity contribution >= 4 is 145 Å². The fourth-order valence-electron chi connectivity index (χ4n) is 10.9. The second-order valence-electron chi connectivity index (χ2n) is 27.4. The molecule has 7 atom stereocenters. The summed E-state index contributed by atoms with van der Waals surface area (Å²) >= 11 is 1.18. The van der Waals surface area contributed by atoms with Gasteiger partial charge in [0.2, 0.25) is 53.2 Å². The number of hydrogen-bond acceptors (Lipinski definition) is 30. The Morgan fingerprint density at radius 1 is 0.692 bits per heavy atom. The Morgan fingerprint density at radius 3 is 1.95 bits per heavy atom. The number of nitrogen functional groups attached to an aromatic ring is 1. The number of carboxylic acids is 2. The van der Waals surface area contributed by atoms with E-state index in [1.54, 1.807) is 36.6 Å². The molecule has 19 N–H and O–H groups in total.